The normalized spacial score (nSPS) is 10.5. The van der Waals surface area contributed by atoms with Crippen LogP contribution in [0.15, 0.2) is 36.4 Å². The molecule has 0 aromatic heterocycles. The van der Waals surface area contributed by atoms with Crippen molar-refractivity contribution in [2.75, 3.05) is 6.54 Å². The minimum atomic E-state index is -2.79. The first kappa shape index (κ1) is 12.6. The Morgan fingerprint density at radius 3 is 2.75 bits per heavy atom. The largest absolute Gasteiger partial charge is 0.434 e. The molecule has 1 aromatic carbocycles. The van der Waals surface area contributed by atoms with Crippen molar-refractivity contribution in [3.8, 4) is 5.75 Å². The molecule has 0 aliphatic rings. The molecule has 0 heterocycles. The molecule has 0 bridgehead atoms. The summed E-state index contributed by atoms with van der Waals surface area (Å²) in [6.45, 7) is 3.99. The third-order valence-corrected chi connectivity index (χ3v) is 1.93. The first-order chi connectivity index (χ1) is 7.59. The second-order valence-corrected chi connectivity index (χ2v) is 3.55. The molecule has 2 nitrogen and oxygen atoms in total. The molecular weight excluding hydrogens is 212 g/mol. The molecule has 0 saturated heterocycles. The van der Waals surface area contributed by atoms with Crippen molar-refractivity contribution in [1.82, 2.24) is 5.32 Å². The Kier molecular flexibility index (Phi) is 4.92. The third kappa shape index (κ3) is 4.40. The van der Waals surface area contributed by atoms with Crippen LogP contribution in [0.1, 0.15) is 12.5 Å². The molecule has 0 amide bonds. The molecule has 0 aliphatic carbocycles. The van der Waals surface area contributed by atoms with Gasteiger partial charge in [0.25, 0.3) is 0 Å². The number of nitrogens with one attached hydrogen (secondary N) is 1. The number of hydrogen-bond acceptors (Lipinski definition) is 2. The highest BCUT2D eigenvalue weighted by Gasteiger charge is 2.08. The highest BCUT2D eigenvalue weighted by molar-refractivity contribution is 5.33. The van der Waals surface area contributed by atoms with Gasteiger partial charge in [-0.25, -0.2) is 0 Å². The van der Waals surface area contributed by atoms with Crippen LogP contribution in [0.4, 0.5) is 8.78 Å². The summed E-state index contributed by atoms with van der Waals surface area (Å²) >= 11 is 0. The molecule has 16 heavy (non-hydrogen) atoms. The van der Waals surface area contributed by atoms with E-state index in [9.17, 15) is 8.78 Å². The van der Waals surface area contributed by atoms with Crippen LogP contribution in [0.25, 0.3) is 0 Å². The maximum atomic E-state index is 12.1. The van der Waals surface area contributed by atoms with Crippen molar-refractivity contribution >= 4 is 0 Å². The molecule has 1 aromatic rings. The quantitative estimate of drug-likeness (QED) is 0.754. The van der Waals surface area contributed by atoms with E-state index in [2.05, 4.69) is 16.6 Å². The van der Waals surface area contributed by atoms with Crippen LogP contribution in [-0.2, 0) is 6.54 Å². The molecule has 0 unspecified atom stereocenters. The smallest absolute Gasteiger partial charge is 0.387 e. The first-order valence-electron chi connectivity index (χ1n) is 4.97. The summed E-state index contributed by atoms with van der Waals surface area (Å²) in [5.41, 5.74) is 1.70. The monoisotopic (exact) mass is 227 g/mol. The van der Waals surface area contributed by atoms with E-state index in [4.69, 9.17) is 0 Å². The van der Waals surface area contributed by atoms with Gasteiger partial charge in [0.15, 0.2) is 0 Å². The van der Waals surface area contributed by atoms with Gasteiger partial charge in [0.1, 0.15) is 5.75 Å². The topological polar surface area (TPSA) is 21.3 Å². The molecule has 1 rings (SSSR count). The minimum absolute atomic E-state index is 0.215. The Morgan fingerprint density at radius 1 is 1.44 bits per heavy atom. The van der Waals surface area contributed by atoms with Crippen molar-refractivity contribution in [2.24, 2.45) is 0 Å². The Morgan fingerprint density at radius 2 is 2.12 bits per heavy atom. The van der Waals surface area contributed by atoms with Crippen LogP contribution in [0, 0.1) is 0 Å². The maximum absolute atomic E-state index is 12.1. The number of alkyl halides is 2. The van der Waals surface area contributed by atoms with Gasteiger partial charge in [-0.1, -0.05) is 30.4 Å². The summed E-state index contributed by atoms with van der Waals surface area (Å²) < 4.78 is 28.6. The zero-order valence-corrected chi connectivity index (χ0v) is 9.17. The third-order valence-electron chi connectivity index (χ3n) is 1.93. The van der Waals surface area contributed by atoms with Crippen LogP contribution in [0.5, 0.6) is 5.75 Å². The Hall–Kier alpha value is -1.42. The van der Waals surface area contributed by atoms with E-state index in [1.54, 1.807) is 18.2 Å². The summed E-state index contributed by atoms with van der Waals surface area (Å²) in [6, 6.07) is 6.74. The lowest BCUT2D eigenvalue weighted by molar-refractivity contribution is -0.0504. The fourth-order valence-electron chi connectivity index (χ4n) is 1.27. The van der Waals surface area contributed by atoms with E-state index in [0.717, 1.165) is 5.57 Å². The first-order valence-corrected chi connectivity index (χ1v) is 4.97. The fraction of sp³-hybridized carbons (Fsp3) is 0.333. The van der Waals surface area contributed by atoms with Crippen molar-refractivity contribution in [3.63, 3.8) is 0 Å². The van der Waals surface area contributed by atoms with Gasteiger partial charge in [-0.2, -0.15) is 8.78 Å². The molecule has 4 heteroatoms. The fourth-order valence-corrected chi connectivity index (χ4v) is 1.27. The van der Waals surface area contributed by atoms with Crippen LogP contribution in [-0.4, -0.2) is 13.2 Å². The minimum Gasteiger partial charge on any atom is -0.434 e. The molecule has 88 valence electrons. The van der Waals surface area contributed by atoms with E-state index < -0.39 is 6.61 Å². The van der Waals surface area contributed by atoms with E-state index >= 15 is 0 Å². The molecule has 0 atom stereocenters. The van der Waals surface area contributed by atoms with Gasteiger partial charge in [0.05, 0.1) is 0 Å². The van der Waals surface area contributed by atoms with Gasteiger partial charge < -0.3 is 10.1 Å². The highest BCUT2D eigenvalue weighted by Crippen LogP contribution is 2.19. The van der Waals surface area contributed by atoms with Crippen molar-refractivity contribution in [1.29, 1.82) is 0 Å². The lowest BCUT2D eigenvalue weighted by Gasteiger charge is -2.11. The zero-order valence-electron chi connectivity index (χ0n) is 9.17. The van der Waals surface area contributed by atoms with E-state index in [-0.39, 0.29) is 5.75 Å². The molecule has 0 fully saturated rings. The summed E-state index contributed by atoms with van der Waals surface area (Å²) in [7, 11) is 0. The predicted molar refractivity (Wildman–Crippen MR) is 59.6 cm³/mol. The van der Waals surface area contributed by atoms with Crippen molar-refractivity contribution < 1.29 is 13.5 Å². The van der Waals surface area contributed by atoms with Gasteiger partial charge in [-0.05, 0) is 13.0 Å². The zero-order chi connectivity index (χ0) is 12.0. The van der Waals surface area contributed by atoms with E-state index in [1.165, 1.54) is 6.07 Å². The molecule has 0 radical (unpaired) electrons. The summed E-state index contributed by atoms with van der Waals surface area (Å²) in [4.78, 5) is 0. The summed E-state index contributed by atoms with van der Waals surface area (Å²) in [6.07, 6.45) is 0. The summed E-state index contributed by atoms with van der Waals surface area (Å²) in [5, 5.41) is 3.09. The lowest BCUT2D eigenvalue weighted by atomic mass is 10.2. The number of ether oxygens (including phenoxy) is 1. The molecule has 1 N–H and O–H groups in total. The Balaban J connectivity index is 2.60. The highest BCUT2D eigenvalue weighted by atomic mass is 19.3. The van der Waals surface area contributed by atoms with Gasteiger partial charge >= 0.3 is 6.61 Å². The van der Waals surface area contributed by atoms with Gasteiger partial charge in [-0.15, -0.1) is 0 Å². The second kappa shape index (κ2) is 6.23. The maximum Gasteiger partial charge on any atom is 0.387 e. The van der Waals surface area contributed by atoms with Gasteiger partial charge in [0.2, 0.25) is 0 Å². The van der Waals surface area contributed by atoms with E-state index in [0.29, 0.717) is 18.7 Å². The van der Waals surface area contributed by atoms with Crippen LogP contribution >= 0.6 is 0 Å². The van der Waals surface area contributed by atoms with Crippen LogP contribution in [0.3, 0.4) is 0 Å². The lowest BCUT2D eigenvalue weighted by Crippen LogP contribution is -2.16. The number of halogens is 2. The van der Waals surface area contributed by atoms with Gasteiger partial charge in [-0.3, -0.25) is 0 Å². The Bertz CT molecular complexity index is 353. The van der Waals surface area contributed by atoms with E-state index in [1.807, 2.05) is 6.92 Å². The number of rotatable bonds is 6. The van der Waals surface area contributed by atoms with Crippen molar-refractivity contribution in [3.05, 3.63) is 42.0 Å². The standard InChI is InChI=1S/C12H15F2NO/c1-9(2)7-15-8-10-5-3-4-6-11(10)16-12(13)14/h3-6,12,15H,1,7-8H2,2H3. The van der Waals surface area contributed by atoms with Crippen LogP contribution < -0.4 is 10.1 Å². The number of hydrogen-bond donors (Lipinski definition) is 1. The average molecular weight is 227 g/mol. The molecule has 0 saturated carbocycles. The summed E-state index contributed by atoms with van der Waals surface area (Å²) in [5.74, 6) is 0.215. The van der Waals surface area contributed by atoms with Crippen LogP contribution in [0.2, 0.25) is 0 Å². The predicted octanol–water partition coefficient (Wildman–Crippen LogP) is 2.95. The SMILES string of the molecule is C=C(C)CNCc1ccccc1OC(F)F. The number of para-hydroxylation sites is 1. The second-order valence-electron chi connectivity index (χ2n) is 3.55. The molecule has 0 aliphatic heterocycles. The van der Waals surface area contributed by atoms with Crippen molar-refractivity contribution in [2.45, 2.75) is 20.1 Å². The number of benzene rings is 1. The Labute approximate surface area is 93.9 Å². The van der Waals surface area contributed by atoms with Gasteiger partial charge in [0, 0.05) is 18.7 Å². The average Bonchev–Trinajstić information content (AvgIpc) is 2.19. The molecular formula is C12H15F2NO. The molecule has 0 spiro atoms.